The molecular weight excluding hydrogens is 314 g/mol. The van der Waals surface area contributed by atoms with E-state index in [1.807, 2.05) is 24.0 Å². The van der Waals surface area contributed by atoms with Crippen LogP contribution in [0, 0.1) is 6.92 Å². The van der Waals surface area contributed by atoms with Gasteiger partial charge in [0.25, 0.3) is 5.91 Å². The first-order chi connectivity index (χ1) is 12.2. The lowest BCUT2D eigenvalue weighted by Crippen LogP contribution is -2.48. The van der Waals surface area contributed by atoms with Gasteiger partial charge >= 0.3 is 0 Å². The average Bonchev–Trinajstić information content (AvgIpc) is 3.13. The minimum atomic E-state index is 0.0433. The monoisotopic (exact) mass is 335 g/mol. The molecule has 1 fully saturated rings. The van der Waals surface area contributed by atoms with Crippen LogP contribution in [0.15, 0.2) is 48.8 Å². The second-order valence-electron chi connectivity index (χ2n) is 6.41. The molecule has 4 rings (SSSR count). The summed E-state index contributed by atoms with van der Waals surface area (Å²) in [7, 11) is 0. The zero-order chi connectivity index (χ0) is 17.2. The van der Waals surface area contributed by atoms with E-state index in [-0.39, 0.29) is 5.91 Å². The van der Waals surface area contributed by atoms with Crippen LogP contribution in [0.2, 0.25) is 0 Å². The molecular formula is C19H21N5O. The Hall–Kier alpha value is -2.73. The molecule has 1 amide bonds. The maximum atomic E-state index is 12.9. The van der Waals surface area contributed by atoms with Gasteiger partial charge in [-0.2, -0.15) is 5.10 Å². The van der Waals surface area contributed by atoms with Crippen LogP contribution < -0.4 is 0 Å². The van der Waals surface area contributed by atoms with Gasteiger partial charge in [-0.25, -0.2) is 9.50 Å². The van der Waals surface area contributed by atoms with Crippen molar-refractivity contribution in [3.8, 4) is 0 Å². The van der Waals surface area contributed by atoms with Crippen molar-refractivity contribution >= 4 is 11.6 Å². The largest absolute Gasteiger partial charge is 0.336 e. The molecule has 0 unspecified atom stereocenters. The van der Waals surface area contributed by atoms with Crippen LogP contribution >= 0.6 is 0 Å². The first-order valence-corrected chi connectivity index (χ1v) is 8.57. The van der Waals surface area contributed by atoms with Gasteiger partial charge in [0, 0.05) is 45.0 Å². The summed E-state index contributed by atoms with van der Waals surface area (Å²) in [6, 6.07) is 12.3. The molecule has 6 heteroatoms. The summed E-state index contributed by atoms with van der Waals surface area (Å²) < 4.78 is 1.72. The van der Waals surface area contributed by atoms with E-state index in [9.17, 15) is 4.79 Å². The first-order valence-electron chi connectivity index (χ1n) is 8.57. The Morgan fingerprint density at radius 1 is 1.08 bits per heavy atom. The van der Waals surface area contributed by atoms with E-state index in [4.69, 9.17) is 0 Å². The lowest BCUT2D eigenvalue weighted by atomic mass is 10.1. The van der Waals surface area contributed by atoms with Crippen LogP contribution in [0.4, 0.5) is 0 Å². The number of carbonyl (C=O) groups excluding carboxylic acids is 1. The third-order valence-electron chi connectivity index (χ3n) is 4.80. The van der Waals surface area contributed by atoms with Crippen LogP contribution in [-0.2, 0) is 6.54 Å². The van der Waals surface area contributed by atoms with Gasteiger partial charge in [-0.1, -0.05) is 30.3 Å². The molecule has 0 saturated carbocycles. The standard InChI is InChI=1S/C19H21N5O/c1-15-17(13-20-18-7-8-21-24(15)18)19(25)23-11-9-22(10-12-23)14-16-5-3-2-4-6-16/h2-8,13H,9-12,14H2,1H3. The minimum Gasteiger partial charge on any atom is -0.336 e. The molecule has 25 heavy (non-hydrogen) atoms. The summed E-state index contributed by atoms with van der Waals surface area (Å²) in [5, 5.41) is 4.24. The molecule has 128 valence electrons. The zero-order valence-electron chi connectivity index (χ0n) is 14.3. The number of benzene rings is 1. The number of hydrogen-bond donors (Lipinski definition) is 0. The number of nitrogens with zero attached hydrogens (tertiary/aromatic N) is 5. The van der Waals surface area contributed by atoms with E-state index >= 15 is 0 Å². The number of aromatic nitrogens is 3. The van der Waals surface area contributed by atoms with E-state index in [0.29, 0.717) is 5.56 Å². The highest BCUT2D eigenvalue weighted by atomic mass is 16.2. The highest BCUT2D eigenvalue weighted by molar-refractivity contribution is 5.95. The van der Waals surface area contributed by atoms with Gasteiger partial charge in [-0.15, -0.1) is 0 Å². The van der Waals surface area contributed by atoms with Crippen LogP contribution in [0.3, 0.4) is 0 Å². The Kier molecular flexibility index (Phi) is 4.19. The summed E-state index contributed by atoms with van der Waals surface area (Å²) in [6.45, 7) is 6.10. The number of aryl methyl sites for hydroxylation is 1. The predicted octanol–water partition coefficient (Wildman–Crippen LogP) is 2.00. The second-order valence-corrected chi connectivity index (χ2v) is 6.41. The molecule has 0 spiro atoms. The summed E-state index contributed by atoms with van der Waals surface area (Å²) in [5.41, 5.74) is 3.55. The molecule has 0 radical (unpaired) electrons. The summed E-state index contributed by atoms with van der Waals surface area (Å²) in [5.74, 6) is 0.0433. The van der Waals surface area contributed by atoms with Gasteiger partial charge in [-0.05, 0) is 12.5 Å². The van der Waals surface area contributed by atoms with Crippen molar-refractivity contribution in [1.29, 1.82) is 0 Å². The fourth-order valence-electron chi connectivity index (χ4n) is 3.32. The molecule has 3 aromatic rings. The highest BCUT2D eigenvalue weighted by Crippen LogP contribution is 2.14. The zero-order valence-corrected chi connectivity index (χ0v) is 14.3. The molecule has 1 saturated heterocycles. The van der Waals surface area contributed by atoms with Crippen LogP contribution in [-0.4, -0.2) is 56.5 Å². The molecule has 1 aliphatic heterocycles. The summed E-state index contributed by atoms with van der Waals surface area (Å²) in [4.78, 5) is 21.5. The molecule has 1 aromatic carbocycles. The SMILES string of the molecule is Cc1c(C(=O)N2CCN(Cc3ccccc3)CC2)cnc2ccnn12. The molecule has 2 aromatic heterocycles. The molecule has 0 aliphatic carbocycles. The number of rotatable bonds is 3. The lowest BCUT2D eigenvalue weighted by Gasteiger charge is -2.35. The van der Waals surface area contributed by atoms with Crippen molar-refractivity contribution in [3.05, 3.63) is 65.6 Å². The molecule has 0 atom stereocenters. The van der Waals surface area contributed by atoms with Crippen LogP contribution in [0.5, 0.6) is 0 Å². The fourth-order valence-corrected chi connectivity index (χ4v) is 3.32. The summed E-state index contributed by atoms with van der Waals surface area (Å²) in [6.07, 6.45) is 3.37. The third-order valence-corrected chi connectivity index (χ3v) is 4.80. The maximum absolute atomic E-state index is 12.9. The van der Waals surface area contributed by atoms with Crippen molar-refractivity contribution in [1.82, 2.24) is 24.4 Å². The predicted molar refractivity (Wildman–Crippen MR) is 95.3 cm³/mol. The van der Waals surface area contributed by atoms with Crippen molar-refractivity contribution in [2.45, 2.75) is 13.5 Å². The van der Waals surface area contributed by atoms with Gasteiger partial charge in [0.05, 0.1) is 17.5 Å². The van der Waals surface area contributed by atoms with Crippen molar-refractivity contribution < 1.29 is 4.79 Å². The Labute approximate surface area is 146 Å². The fraction of sp³-hybridized carbons (Fsp3) is 0.316. The quantitative estimate of drug-likeness (QED) is 0.735. The Bertz CT molecular complexity index is 881. The molecule has 6 nitrogen and oxygen atoms in total. The van der Waals surface area contributed by atoms with E-state index in [1.54, 1.807) is 16.9 Å². The molecule has 3 heterocycles. The number of hydrogen-bond acceptors (Lipinski definition) is 4. The highest BCUT2D eigenvalue weighted by Gasteiger charge is 2.24. The van der Waals surface area contributed by atoms with Crippen molar-refractivity contribution in [2.75, 3.05) is 26.2 Å². The number of piperazine rings is 1. The van der Waals surface area contributed by atoms with E-state index in [2.05, 4.69) is 39.2 Å². The smallest absolute Gasteiger partial charge is 0.257 e. The van der Waals surface area contributed by atoms with Crippen molar-refractivity contribution in [3.63, 3.8) is 0 Å². The molecule has 0 N–H and O–H groups in total. The van der Waals surface area contributed by atoms with Gasteiger partial charge in [0.2, 0.25) is 0 Å². The third kappa shape index (κ3) is 3.13. The Morgan fingerprint density at radius 2 is 1.84 bits per heavy atom. The first kappa shape index (κ1) is 15.8. The van der Waals surface area contributed by atoms with Crippen LogP contribution in [0.25, 0.3) is 5.65 Å². The van der Waals surface area contributed by atoms with Gasteiger partial charge in [0.15, 0.2) is 5.65 Å². The Balaban J connectivity index is 1.43. The second kappa shape index (κ2) is 6.64. The van der Waals surface area contributed by atoms with Crippen LogP contribution in [0.1, 0.15) is 21.6 Å². The normalized spacial score (nSPS) is 15.6. The Morgan fingerprint density at radius 3 is 2.60 bits per heavy atom. The van der Waals surface area contributed by atoms with Gasteiger partial charge in [0.1, 0.15) is 0 Å². The number of fused-ring (bicyclic) bond motifs is 1. The number of carbonyl (C=O) groups is 1. The topological polar surface area (TPSA) is 53.7 Å². The lowest BCUT2D eigenvalue weighted by molar-refractivity contribution is 0.0626. The van der Waals surface area contributed by atoms with E-state index < -0.39 is 0 Å². The average molecular weight is 335 g/mol. The molecule has 0 bridgehead atoms. The molecule has 1 aliphatic rings. The minimum absolute atomic E-state index is 0.0433. The van der Waals surface area contributed by atoms with Gasteiger partial charge in [-0.3, -0.25) is 9.69 Å². The summed E-state index contributed by atoms with van der Waals surface area (Å²) >= 11 is 0. The maximum Gasteiger partial charge on any atom is 0.257 e. The van der Waals surface area contributed by atoms with E-state index in [1.165, 1.54) is 5.56 Å². The number of amides is 1. The van der Waals surface area contributed by atoms with Gasteiger partial charge < -0.3 is 4.90 Å². The van der Waals surface area contributed by atoms with Crippen molar-refractivity contribution in [2.24, 2.45) is 0 Å². The van der Waals surface area contributed by atoms with E-state index in [0.717, 1.165) is 44.1 Å².